The predicted molar refractivity (Wildman–Crippen MR) is 71.7 cm³/mol. The van der Waals surface area contributed by atoms with Gasteiger partial charge in [0.25, 0.3) is 0 Å². The molecule has 0 bridgehead atoms. The van der Waals surface area contributed by atoms with E-state index in [1.165, 1.54) is 0 Å². The van der Waals surface area contributed by atoms with Gasteiger partial charge in [0.15, 0.2) is 0 Å². The van der Waals surface area contributed by atoms with Crippen LogP contribution in [0.2, 0.25) is 0 Å². The average Bonchev–Trinajstić information content (AvgIpc) is 2.52. The van der Waals surface area contributed by atoms with Gasteiger partial charge in [0.1, 0.15) is 11.4 Å². The van der Waals surface area contributed by atoms with E-state index in [0.29, 0.717) is 5.82 Å². The number of hydrogen-bond acceptors (Lipinski definition) is 4. The van der Waals surface area contributed by atoms with Crippen LogP contribution in [0.4, 0.5) is 5.82 Å². The number of rotatable bonds is 4. The summed E-state index contributed by atoms with van der Waals surface area (Å²) >= 11 is 0. The number of aromatic nitrogens is 2. The summed E-state index contributed by atoms with van der Waals surface area (Å²) in [6.07, 6.45) is 0.166. The smallest absolute Gasteiger partial charge is 0.306 e. The minimum atomic E-state index is -0.521. The number of aryl methyl sites for hydroxylation is 2. The molecular weight excluding hydrogens is 246 g/mol. The van der Waals surface area contributed by atoms with Gasteiger partial charge in [-0.2, -0.15) is 5.10 Å². The zero-order valence-corrected chi connectivity index (χ0v) is 12.1. The Morgan fingerprint density at radius 2 is 2.00 bits per heavy atom. The summed E-state index contributed by atoms with van der Waals surface area (Å²) < 4.78 is 6.71. The van der Waals surface area contributed by atoms with E-state index in [2.05, 4.69) is 10.4 Å². The zero-order chi connectivity index (χ0) is 14.6. The van der Waals surface area contributed by atoms with Crippen molar-refractivity contribution < 1.29 is 14.3 Å². The Morgan fingerprint density at radius 3 is 2.47 bits per heavy atom. The highest BCUT2D eigenvalue weighted by Crippen LogP contribution is 2.11. The van der Waals surface area contributed by atoms with Gasteiger partial charge in [-0.1, -0.05) is 0 Å². The van der Waals surface area contributed by atoms with Crippen molar-refractivity contribution in [2.24, 2.45) is 7.05 Å². The Balaban J connectivity index is 2.40. The zero-order valence-electron chi connectivity index (χ0n) is 12.1. The van der Waals surface area contributed by atoms with E-state index in [1.807, 2.05) is 6.92 Å². The first-order valence-electron chi connectivity index (χ1n) is 6.20. The van der Waals surface area contributed by atoms with E-state index >= 15 is 0 Å². The molecule has 1 rings (SSSR count). The first kappa shape index (κ1) is 15.2. The molecular formula is C13H21N3O3. The standard InChI is InChI=1S/C13H21N3O3/c1-9-8-10(16(5)15-9)14-11(17)6-7-12(18)19-13(2,3)4/h8H,6-7H2,1-5H3,(H,14,17). The van der Waals surface area contributed by atoms with Crippen LogP contribution in [-0.2, 0) is 21.4 Å². The molecule has 1 aromatic rings. The number of anilines is 1. The lowest BCUT2D eigenvalue weighted by Gasteiger charge is -2.19. The molecule has 1 aromatic heterocycles. The molecule has 0 radical (unpaired) electrons. The molecule has 1 N–H and O–H groups in total. The Bertz CT molecular complexity index is 472. The summed E-state index contributed by atoms with van der Waals surface area (Å²) in [5.41, 5.74) is 0.303. The summed E-state index contributed by atoms with van der Waals surface area (Å²) in [6.45, 7) is 7.23. The topological polar surface area (TPSA) is 73.2 Å². The first-order valence-corrected chi connectivity index (χ1v) is 6.20. The molecule has 0 aliphatic heterocycles. The monoisotopic (exact) mass is 267 g/mol. The first-order chi connectivity index (χ1) is 8.67. The van der Waals surface area contributed by atoms with Crippen molar-refractivity contribution in [3.8, 4) is 0 Å². The van der Waals surface area contributed by atoms with E-state index in [9.17, 15) is 9.59 Å². The summed E-state index contributed by atoms with van der Waals surface area (Å²) in [5, 5.41) is 6.82. The fourth-order valence-corrected chi connectivity index (χ4v) is 1.54. The molecule has 6 heteroatoms. The number of nitrogens with zero attached hydrogens (tertiary/aromatic N) is 2. The van der Waals surface area contributed by atoms with Gasteiger partial charge in [-0.25, -0.2) is 0 Å². The molecule has 0 aromatic carbocycles. The molecule has 0 saturated carbocycles. The maximum atomic E-state index is 11.7. The van der Waals surface area contributed by atoms with Gasteiger partial charge in [-0.05, 0) is 27.7 Å². The molecule has 0 aliphatic rings. The molecule has 0 spiro atoms. The molecule has 0 unspecified atom stereocenters. The van der Waals surface area contributed by atoms with Crippen LogP contribution < -0.4 is 5.32 Å². The maximum Gasteiger partial charge on any atom is 0.306 e. The lowest BCUT2D eigenvalue weighted by molar-refractivity contribution is -0.155. The van der Waals surface area contributed by atoms with Crippen LogP contribution in [0.15, 0.2) is 6.07 Å². The number of carbonyl (C=O) groups is 2. The third-order valence-electron chi connectivity index (χ3n) is 2.25. The largest absolute Gasteiger partial charge is 0.460 e. The second-order valence-electron chi connectivity index (χ2n) is 5.43. The van der Waals surface area contributed by atoms with Crippen molar-refractivity contribution >= 4 is 17.7 Å². The molecule has 0 fully saturated rings. The van der Waals surface area contributed by atoms with Crippen molar-refractivity contribution in [3.63, 3.8) is 0 Å². The van der Waals surface area contributed by atoms with Crippen molar-refractivity contribution in [2.75, 3.05) is 5.32 Å². The van der Waals surface area contributed by atoms with Crippen molar-refractivity contribution in [2.45, 2.75) is 46.1 Å². The lowest BCUT2D eigenvalue weighted by Crippen LogP contribution is -2.25. The lowest BCUT2D eigenvalue weighted by atomic mass is 10.2. The minimum absolute atomic E-state index is 0.0694. The number of nitrogens with one attached hydrogen (secondary N) is 1. The van der Waals surface area contributed by atoms with Crippen LogP contribution in [0.25, 0.3) is 0 Å². The molecule has 1 amide bonds. The second kappa shape index (κ2) is 5.86. The summed E-state index contributed by atoms with van der Waals surface area (Å²) in [6, 6.07) is 1.77. The summed E-state index contributed by atoms with van der Waals surface area (Å²) in [4.78, 5) is 23.2. The highest BCUT2D eigenvalue weighted by molar-refractivity contribution is 5.91. The third kappa shape index (κ3) is 5.54. The van der Waals surface area contributed by atoms with Crippen LogP contribution in [0.1, 0.15) is 39.3 Å². The normalized spacial score (nSPS) is 11.2. The van der Waals surface area contributed by atoms with Gasteiger partial charge in [-0.15, -0.1) is 0 Å². The molecule has 106 valence electrons. The third-order valence-corrected chi connectivity index (χ3v) is 2.25. The van der Waals surface area contributed by atoms with E-state index in [1.54, 1.807) is 38.6 Å². The molecule has 6 nitrogen and oxygen atoms in total. The fourth-order valence-electron chi connectivity index (χ4n) is 1.54. The maximum absolute atomic E-state index is 11.7. The summed E-state index contributed by atoms with van der Waals surface area (Å²) in [7, 11) is 1.75. The van der Waals surface area contributed by atoms with Gasteiger partial charge in [0.2, 0.25) is 5.91 Å². The Kier molecular flexibility index (Phi) is 4.69. The summed E-state index contributed by atoms with van der Waals surface area (Å²) in [5.74, 6) is 0.0179. The highest BCUT2D eigenvalue weighted by Gasteiger charge is 2.17. The van der Waals surface area contributed by atoms with Gasteiger partial charge in [0, 0.05) is 19.5 Å². The Hall–Kier alpha value is -1.85. The van der Waals surface area contributed by atoms with Gasteiger partial charge in [-0.3, -0.25) is 14.3 Å². The van der Waals surface area contributed by atoms with Crippen LogP contribution in [0.3, 0.4) is 0 Å². The van der Waals surface area contributed by atoms with Crippen LogP contribution >= 0.6 is 0 Å². The van der Waals surface area contributed by atoms with Crippen LogP contribution in [0.5, 0.6) is 0 Å². The number of ether oxygens (including phenoxy) is 1. The number of esters is 1. The van der Waals surface area contributed by atoms with Crippen LogP contribution in [0, 0.1) is 6.92 Å². The molecule has 0 saturated heterocycles. The van der Waals surface area contributed by atoms with Gasteiger partial charge < -0.3 is 10.1 Å². The van der Waals surface area contributed by atoms with Gasteiger partial charge in [0.05, 0.1) is 12.1 Å². The highest BCUT2D eigenvalue weighted by atomic mass is 16.6. The average molecular weight is 267 g/mol. The Labute approximate surface area is 113 Å². The second-order valence-corrected chi connectivity index (χ2v) is 5.43. The molecule has 19 heavy (non-hydrogen) atoms. The van der Waals surface area contributed by atoms with Crippen molar-refractivity contribution in [3.05, 3.63) is 11.8 Å². The van der Waals surface area contributed by atoms with E-state index in [-0.39, 0.29) is 24.7 Å². The number of amides is 1. The number of carbonyl (C=O) groups excluding carboxylic acids is 2. The van der Waals surface area contributed by atoms with E-state index in [0.717, 1.165) is 5.69 Å². The fraction of sp³-hybridized carbons (Fsp3) is 0.615. The van der Waals surface area contributed by atoms with Gasteiger partial charge >= 0.3 is 5.97 Å². The van der Waals surface area contributed by atoms with Crippen molar-refractivity contribution in [1.29, 1.82) is 0 Å². The number of hydrogen-bond donors (Lipinski definition) is 1. The van der Waals surface area contributed by atoms with Crippen molar-refractivity contribution in [1.82, 2.24) is 9.78 Å². The molecule has 0 atom stereocenters. The van der Waals surface area contributed by atoms with E-state index < -0.39 is 5.60 Å². The van der Waals surface area contributed by atoms with E-state index in [4.69, 9.17) is 4.74 Å². The van der Waals surface area contributed by atoms with Crippen LogP contribution in [-0.4, -0.2) is 27.3 Å². The minimum Gasteiger partial charge on any atom is -0.460 e. The SMILES string of the molecule is Cc1cc(NC(=O)CCC(=O)OC(C)(C)C)n(C)n1. The molecule has 0 aliphatic carbocycles. The predicted octanol–water partition coefficient (Wildman–Crippen LogP) is 1.79. The Morgan fingerprint density at radius 1 is 1.37 bits per heavy atom. The quantitative estimate of drug-likeness (QED) is 0.844. The molecule has 1 heterocycles.